The molecule has 0 radical (unpaired) electrons. The van der Waals surface area contributed by atoms with E-state index in [0.29, 0.717) is 6.54 Å². The van der Waals surface area contributed by atoms with Gasteiger partial charge in [0.2, 0.25) is 11.8 Å². The fourth-order valence-corrected chi connectivity index (χ4v) is 1.88. The molecule has 1 rings (SSSR count). The van der Waals surface area contributed by atoms with E-state index < -0.39 is 17.6 Å². The Bertz CT molecular complexity index is 480. The van der Waals surface area contributed by atoms with E-state index in [1.54, 1.807) is 0 Å². The number of hydrogen-bond donors (Lipinski definition) is 1. The predicted molar refractivity (Wildman–Crippen MR) is 81.4 cm³/mol. The highest BCUT2D eigenvalue weighted by molar-refractivity contribution is 5.85. The average molecular weight is 292 g/mol. The first-order chi connectivity index (χ1) is 9.70. The maximum absolute atomic E-state index is 11.9. The highest BCUT2D eigenvalue weighted by Crippen LogP contribution is 2.13. The number of hydrogen-bond acceptors (Lipinski definition) is 3. The molecule has 5 nitrogen and oxygen atoms in total. The molecule has 5 heteroatoms. The molecule has 0 spiro atoms. The molecule has 1 aromatic rings. The lowest BCUT2D eigenvalue weighted by molar-refractivity contribution is -0.143. The lowest BCUT2D eigenvalue weighted by Gasteiger charge is -2.31. The van der Waals surface area contributed by atoms with Crippen LogP contribution < -0.4 is 5.73 Å². The maximum atomic E-state index is 11.9. The quantitative estimate of drug-likeness (QED) is 0.867. The molecule has 116 valence electrons. The molecule has 0 saturated carbocycles. The largest absolute Gasteiger partial charge is 0.373 e. The van der Waals surface area contributed by atoms with Gasteiger partial charge in [-0.3, -0.25) is 9.59 Å². The number of nitrogens with two attached hydrogens (primary N) is 1. The monoisotopic (exact) mass is 292 g/mol. The third-order valence-electron chi connectivity index (χ3n) is 2.98. The van der Waals surface area contributed by atoms with Gasteiger partial charge in [0, 0.05) is 13.5 Å². The molecule has 2 amide bonds. The SMILES string of the molecule is CC(=O)N(Cc1ccccc1)[C@H](COC(C)(C)C)C(N)=O. The third kappa shape index (κ3) is 5.95. The van der Waals surface area contributed by atoms with Crippen molar-refractivity contribution in [3.05, 3.63) is 35.9 Å². The van der Waals surface area contributed by atoms with Crippen LogP contribution in [0.4, 0.5) is 0 Å². The molecule has 0 bridgehead atoms. The molecule has 0 aliphatic heterocycles. The molecule has 1 aromatic carbocycles. The molecule has 0 aliphatic carbocycles. The van der Waals surface area contributed by atoms with Gasteiger partial charge in [-0.05, 0) is 26.3 Å². The maximum Gasteiger partial charge on any atom is 0.242 e. The number of carbonyl (C=O) groups excluding carboxylic acids is 2. The highest BCUT2D eigenvalue weighted by atomic mass is 16.5. The van der Waals surface area contributed by atoms with Crippen molar-refractivity contribution < 1.29 is 14.3 Å². The van der Waals surface area contributed by atoms with Crippen LogP contribution in [-0.2, 0) is 20.9 Å². The molecule has 0 unspecified atom stereocenters. The summed E-state index contributed by atoms with van der Waals surface area (Å²) in [5, 5.41) is 0. The van der Waals surface area contributed by atoms with E-state index in [1.165, 1.54) is 11.8 Å². The molecule has 0 aromatic heterocycles. The first-order valence-electron chi connectivity index (χ1n) is 6.95. The third-order valence-corrected chi connectivity index (χ3v) is 2.98. The van der Waals surface area contributed by atoms with E-state index in [4.69, 9.17) is 10.5 Å². The van der Waals surface area contributed by atoms with Crippen LogP contribution in [0.15, 0.2) is 30.3 Å². The van der Waals surface area contributed by atoms with Crippen LogP contribution in [0.2, 0.25) is 0 Å². The fourth-order valence-electron chi connectivity index (χ4n) is 1.88. The summed E-state index contributed by atoms with van der Waals surface area (Å²) < 4.78 is 5.63. The number of primary amides is 1. The fraction of sp³-hybridized carbons (Fsp3) is 0.500. The van der Waals surface area contributed by atoms with Crippen molar-refractivity contribution in [2.75, 3.05) is 6.61 Å². The molecular formula is C16H24N2O3. The van der Waals surface area contributed by atoms with Crippen molar-refractivity contribution in [3.63, 3.8) is 0 Å². The van der Waals surface area contributed by atoms with Gasteiger partial charge in [-0.15, -0.1) is 0 Å². The Hall–Kier alpha value is -1.88. The first kappa shape index (κ1) is 17.2. The summed E-state index contributed by atoms with van der Waals surface area (Å²) in [7, 11) is 0. The van der Waals surface area contributed by atoms with Crippen LogP contribution in [0.3, 0.4) is 0 Å². The van der Waals surface area contributed by atoms with Crippen molar-refractivity contribution in [3.8, 4) is 0 Å². The summed E-state index contributed by atoms with van der Waals surface area (Å²) in [6, 6.07) is 8.70. The molecular weight excluding hydrogens is 268 g/mol. The van der Waals surface area contributed by atoms with Gasteiger partial charge >= 0.3 is 0 Å². The second-order valence-electron chi connectivity index (χ2n) is 5.97. The zero-order chi connectivity index (χ0) is 16.0. The van der Waals surface area contributed by atoms with Crippen LogP contribution in [0.1, 0.15) is 33.3 Å². The minimum Gasteiger partial charge on any atom is -0.373 e. The molecule has 0 aliphatic rings. The van der Waals surface area contributed by atoms with Crippen molar-refractivity contribution in [1.29, 1.82) is 0 Å². The number of carbonyl (C=O) groups is 2. The van der Waals surface area contributed by atoms with Gasteiger partial charge in [0.15, 0.2) is 0 Å². The Balaban J connectivity index is 2.88. The van der Waals surface area contributed by atoms with Crippen LogP contribution in [-0.4, -0.2) is 35.0 Å². The highest BCUT2D eigenvalue weighted by Gasteiger charge is 2.28. The van der Waals surface area contributed by atoms with Crippen molar-refractivity contribution in [2.45, 2.75) is 45.9 Å². The lowest BCUT2D eigenvalue weighted by Crippen LogP contribution is -2.50. The smallest absolute Gasteiger partial charge is 0.242 e. The standard InChI is InChI=1S/C16H24N2O3/c1-12(19)18(10-13-8-6-5-7-9-13)14(15(17)20)11-21-16(2,3)4/h5-9,14H,10-11H2,1-4H3,(H2,17,20)/t14-/m1/s1. The minimum atomic E-state index is -0.776. The Labute approximate surface area is 126 Å². The molecule has 21 heavy (non-hydrogen) atoms. The zero-order valence-electron chi connectivity index (χ0n) is 13.1. The van der Waals surface area contributed by atoms with Gasteiger partial charge in [-0.1, -0.05) is 30.3 Å². The number of amides is 2. The summed E-state index contributed by atoms with van der Waals surface area (Å²) in [6.45, 7) is 7.51. The van der Waals surface area contributed by atoms with Crippen LogP contribution in [0, 0.1) is 0 Å². The number of rotatable bonds is 6. The predicted octanol–water partition coefficient (Wildman–Crippen LogP) is 1.70. The van der Waals surface area contributed by atoms with Gasteiger partial charge in [0.25, 0.3) is 0 Å². The Morgan fingerprint density at radius 3 is 2.24 bits per heavy atom. The molecule has 1 atom stereocenters. The van der Waals surface area contributed by atoms with Crippen molar-refractivity contribution in [1.82, 2.24) is 4.90 Å². The Morgan fingerprint density at radius 1 is 1.24 bits per heavy atom. The summed E-state index contributed by atoms with van der Waals surface area (Å²) in [5.41, 5.74) is 5.99. The normalized spacial score (nSPS) is 12.8. The average Bonchev–Trinajstić information content (AvgIpc) is 2.37. The van der Waals surface area contributed by atoms with Gasteiger partial charge in [0.1, 0.15) is 6.04 Å². The Kier molecular flexibility index (Phi) is 5.90. The number of ether oxygens (including phenoxy) is 1. The van der Waals surface area contributed by atoms with Gasteiger partial charge < -0.3 is 15.4 Å². The lowest BCUT2D eigenvalue weighted by atomic mass is 10.1. The zero-order valence-corrected chi connectivity index (χ0v) is 13.1. The second-order valence-corrected chi connectivity index (χ2v) is 5.97. The van der Waals surface area contributed by atoms with E-state index in [9.17, 15) is 9.59 Å². The van der Waals surface area contributed by atoms with Crippen LogP contribution >= 0.6 is 0 Å². The van der Waals surface area contributed by atoms with Crippen LogP contribution in [0.25, 0.3) is 0 Å². The second kappa shape index (κ2) is 7.22. The van der Waals surface area contributed by atoms with Crippen molar-refractivity contribution >= 4 is 11.8 Å². The molecule has 0 fully saturated rings. The number of nitrogens with zero attached hydrogens (tertiary/aromatic N) is 1. The van der Waals surface area contributed by atoms with Gasteiger partial charge in [-0.25, -0.2) is 0 Å². The van der Waals surface area contributed by atoms with Crippen LogP contribution in [0.5, 0.6) is 0 Å². The summed E-state index contributed by atoms with van der Waals surface area (Å²) in [6.07, 6.45) is 0. The summed E-state index contributed by atoms with van der Waals surface area (Å²) in [4.78, 5) is 25.0. The summed E-state index contributed by atoms with van der Waals surface area (Å²) >= 11 is 0. The first-order valence-corrected chi connectivity index (χ1v) is 6.95. The van der Waals surface area contributed by atoms with Gasteiger partial charge in [0.05, 0.1) is 12.2 Å². The van der Waals surface area contributed by atoms with E-state index >= 15 is 0 Å². The molecule has 0 saturated heterocycles. The number of benzene rings is 1. The van der Waals surface area contributed by atoms with E-state index in [-0.39, 0.29) is 12.5 Å². The van der Waals surface area contributed by atoms with Gasteiger partial charge in [-0.2, -0.15) is 0 Å². The minimum absolute atomic E-state index is 0.0885. The molecule has 0 heterocycles. The van der Waals surface area contributed by atoms with E-state index in [0.717, 1.165) is 5.56 Å². The Morgan fingerprint density at radius 2 is 1.81 bits per heavy atom. The molecule has 2 N–H and O–H groups in total. The van der Waals surface area contributed by atoms with Crippen molar-refractivity contribution in [2.24, 2.45) is 5.73 Å². The van der Waals surface area contributed by atoms with E-state index in [1.807, 2.05) is 51.1 Å². The summed E-state index contributed by atoms with van der Waals surface area (Å²) in [5.74, 6) is -0.773. The topological polar surface area (TPSA) is 72.6 Å². The van der Waals surface area contributed by atoms with E-state index in [2.05, 4.69) is 0 Å².